The number of pyridine rings is 1. The molecule has 0 bridgehead atoms. The highest BCUT2D eigenvalue weighted by atomic mass is 16.3. The van der Waals surface area contributed by atoms with Gasteiger partial charge in [-0.2, -0.15) is 0 Å². The van der Waals surface area contributed by atoms with Crippen molar-refractivity contribution in [3.05, 3.63) is 53.3 Å². The van der Waals surface area contributed by atoms with Crippen LogP contribution in [0.4, 0.5) is 0 Å². The van der Waals surface area contributed by atoms with E-state index in [2.05, 4.69) is 11.1 Å². The van der Waals surface area contributed by atoms with Gasteiger partial charge in [0.2, 0.25) is 0 Å². The van der Waals surface area contributed by atoms with Gasteiger partial charge in [0.25, 0.3) is 0 Å². The molecule has 0 saturated carbocycles. The first kappa shape index (κ1) is 11.8. The number of rotatable bonds is 3. The van der Waals surface area contributed by atoms with Crippen molar-refractivity contribution < 1.29 is 10.2 Å². The first-order chi connectivity index (χ1) is 8.22. The van der Waals surface area contributed by atoms with Gasteiger partial charge in [0.15, 0.2) is 0 Å². The third-order valence-electron chi connectivity index (χ3n) is 2.61. The lowest BCUT2D eigenvalue weighted by Gasteiger charge is -2.07. The normalized spacial score (nSPS) is 10.5. The summed E-state index contributed by atoms with van der Waals surface area (Å²) in [6.45, 7) is 1.80. The zero-order valence-corrected chi connectivity index (χ0v) is 9.72. The lowest BCUT2D eigenvalue weighted by Crippen LogP contribution is -1.97. The van der Waals surface area contributed by atoms with Crippen LogP contribution in [-0.2, 0) is 13.2 Å². The highest BCUT2D eigenvalue weighted by Crippen LogP contribution is 2.22. The number of aromatic nitrogens is 1. The molecule has 3 nitrogen and oxygen atoms in total. The smallest absolute Gasteiger partial charge is 0.0853 e. The van der Waals surface area contributed by atoms with Crippen LogP contribution in [0.15, 0.2) is 36.4 Å². The van der Waals surface area contributed by atoms with Crippen molar-refractivity contribution in [2.45, 2.75) is 20.1 Å². The second-order valence-electron chi connectivity index (χ2n) is 4.02. The number of aliphatic hydroxyl groups excluding tert-OH is 2. The van der Waals surface area contributed by atoms with Gasteiger partial charge in [-0.15, -0.1) is 0 Å². The van der Waals surface area contributed by atoms with Crippen molar-refractivity contribution in [3.8, 4) is 11.1 Å². The number of benzene rings is 1. The molecule has 2 aromatic rings. The van der Waals surface area contributed by atoms with Crippen LogP contribution in [0.25, 0.3) is 11.1 Å². The summed E-state index contributed by atoms with van der Waals surface area (Å²) in [4.78, 5) is 4.12. The Morgan fingerprint density at radius 3 is 2.12 bits per heavy atom. The fourth-order valence-corrected chi connectivity index (χ4v) is 1.80. The number of hydrogen-bond acceptors (Lipinski definition) is 3. The second kappa shape index (κ2) is 5.08. The summed E-state index contributed by atoms with van der Waals surface area (Å²) < 4.78 is 0. The van der Waals surface area contributed by atoms with E-state index in [0.717, 1.165) is 11.1 Å². The maximum atomic E-state index is 9.14. The van der Waals surface area contributed by atoms with Gasteiger partial charge in [-0.05, 0) is 30.2 Å². The van der Waals surface area contributed by atoms with Crippen LogP contribution < -0.4 is 0 Å². The van der Waals surface area contributed by atoms with Gasteiger partial charge in [-0.1, -0.05) is 29.8 Å². The molecule has 0 aliphatic heterocycles. The Morgan fingerprint density at radius 1 is 0.941 bits per heavy atom. The summed E-state index contributed by atoms with van der Waals surface area (Å²) in [5.41, 5.74) is 4.37. The van der Waals surface area contributed by atoms with Crippen LogP contribution in [0.5, 0.6) is 0 Å². The molecule has 0 unspecified atom stereocenters. The molecule has 1 aromatic carbocycles. The Labute approximate surface area is 100 Å². The molecule has 0 amide bonds. The summed E-state index contributed by atoms with van der Waals surface area (Å²) in [6, 6.07) is 11.8. The molecule has 0 fully saturated rings. The molecule has 2 N–H and O–H groups in total. The molecule has 3 heteroatoms. The van der Waals surface area contributed by atoms with Crippen LogP contribution in [0, 0.1) is 6.92 Å². The van der Waals surface area contributed by atoms with Crippen molar-refractivity contribution in [2.75, 3.05) is 0 Å². The van der Waals surface area contributed by atoms with Gasteiger partial charge in [-0.3, -0.25) is 4.98 Å². The number of aliphatic hydroxyl groups is 2. The van der Waals surface area contributed by atoms with Gasteiger partial charge in [-0.25, -0.2) is 0 Å². The minimum absolute atomic E-state index is 0.118. The van der Waals surface area contributed by atoms with E-state index in [4.69, 9.17) is 10.2 Å². The van der Waals surface area contributed by atoms with Crippen molar-refractivity contribution in [1.29, 1.82) is 0 Å². The summed E-state index contributed by atoms with van der Waals surface area (Å²) in [6.07, 6.45) is 0. The van der Waals surface area contributed by atoms with Crippen molar-refractivity contribution >= 4 is 0 Å². The highest BCUT2D eigenvalue weighted by Gasteiger charge is 2.04. The van der Waals surface area contributed by atoms with Crippen LogP contribution in [0.3, 0.4) is 0 Å². The molecule has 0 spiro atoms. The van der Waals surface area contributed by atoms with E-state index in [0.29, 0.717) is 11.4 Å². The largest absolute Gasteiger partial charge is 0.390 e. The first-order valence-electron chi connectivity index (χ1n) is 5.51. The minimum Gasteiger partial charge on any atom is -0.390 e. The predicted molar refractivity (Wildman–Crippen MR) is 66.3 cm³/mol. The molecule has 2 rings (SSSR count). The van der Waals surface area contributed by atoms with E-state index in [1.807, 2.05) is 37.3 Å². The lowest BCUT2D eigenvalue weighted by atomic mass is 10.0. The van der Waals surface area contributed by atoms with Gasteiger partial charge >= 0.3 is 0 Å². The van der Waals surface area contributed by atoms with Crippen LogP contribution in [-0.4, -0.2) is 15.2 Å². The second-order valence-corrected chi connectivity index (χ2v) is 4.02. The highest BCUT2D eigenvalue weighted by molar-refractivity contribution is 5.64. The average Bonchev–Trinajstić information content (AvgIpc) is 2.38. The zero-order chi connectivity index (χ0) is 12.3. The molecule has 0 saturated heterocycles. The molecule has 0 radical (unpaired) electrons. The fourth-order valence-electron chi connectivity index (χ4n) is 1.80. The molecule has 88 valence electrons. The predicted octanol–water partition coefficient (Wildman–Crippen LogP) is 2.04. The molecule has 0 aliphatic rings. The van der Waals surface area contributed by atoms with Crippen molar-refractivity contribution in [1.82, 2.24) is 4.98 Å². The van der Waals surface area contributed by atoms with Gasteiger partial charge in [0.05, 0.1) is 24.6 Å². The number of aryl methyl sites for hydroxylation is 1. The number of hydrogen-bond donors (Lipinski definition) is 2. The number of nitrogens with zero attached hydrogens (tertiary/aromatic N) is 1. The summed E-state index contributed by atoms with van der Waals surface area (Å²) in [7, 11) is 0. The van der Waals surface area contributed by atoms with E-state index < -0.39 is 0 Å². The third-order valence-corrected chi connectivity index (χ3v) is 2.61. The minimum atomic E-state index is -0.118. The van der Waals surface area contributed by atoms with Gasteiger partial charge in [0.1, 0.15) is 0 Å². The Hall–Kier alpha value is -1.71. The molecule has 17 heavy (non-hydrogen) atoms. The monoisotopic (exact) mass is 229 g/mol. The topological polar surface area (TPSA) is 53.4 Å². The Bertz CT molecular complexity index is 501. The van der Waals surface area contributed by atoms with Crippen LogP contribution in [0.2, 0.25) is 0 Å². The van der Waals surface area contributed by atoms with E-state index in [1.165, 1.54) is 5.56 Å². The van der Waals surface area contributed by atoms with Crippen LogP contribution >= 0.6 is 0 Å². The van der Waals surface area contributed by atoms with Gasteiger partial charge in [0, 0.05) is 0 Å². The SMILES string of the molecule is Cc1cccc(-c2cc(CO)nc(CO)c2)c1. The maximum absolute atomic E-state index is 9.14. The molecular formula is C14H15NO2. The van der Waals surface area contributed by atoms with Gasteiger partial charge < -0.3 is 10.2 Å². The average molecular weight is 229 g/mol. The maximum Gasteiger partial charge on any atom is 0.0853 e. The Kier molecular flexibility index (Phi) is 3.52. The van der Waals surface area contributed by atoms with E-state index in [-0.39, 0.29) is 13.2 Å². The van der Waals surface area contributed by atoms with Crippen molar-refractivity contribution in [2.24, 2.45) is 0 Å². The summed E-state index contributed by atoms with van der Waals surface area (Å²) in [5.74, 6) is 0. The van der Waals surface area contributed by atoms with Crippen molar-refractivity contribution in [3.63, 3.8) is 0 Å². The van der Waals surface area contributed by atoms with E-state index in [1.54, 1.807) is 0 Å². The zero-order valence-electron chi connectivity index (χ0n) is 9.72. The quantitative estimate of drug-likeness (QED) is 0.846. The van der Waals surface area contributed by atoms with E-state index in [9.17, 15) is 0 Å². The Morgan fingerprint density at radius 2 is 1.59 bits per heavy atom. The Balaban J connectivity index is 2.50. The standard InChI is InChI=1S/C14H15NO2/c1-10-3-2-4-11(5-10)12-6-13(8-16)15-14(7-12)9-17/h2-7,16-17H,8-9H2,1H3. The first-order valence-corrected chi connectivity index (χ1v) is 5.51. The molecule has 0 atom stereocenters. The van der Waals surface area contributed by atoms with Crippen LogP contribution in [0.1, 0.15) is 17.0 Å². The summed E-state index contributed by atoms with van der Waals surface area (Å²) in [5, 5.41) is 18.3. The summed E-state index contributed by atoms with van der Waals surface area (Å²) >= 11 is 0. The van der Waals surface area contributed by atoms with E-state index >= 15 is 0 Å². The fraction of sp³-hybridized carbons (Fsp3) is 0.214. The molecule has 0 aliphatic carbocycles. The molecule has 1 heterocycles. The molecular weight excluding hydrogens is 214 g/mol. The third kappa shape index (κ3) is 2.70. The lowest BCUT2D eigenvalue weighted by molar-refractivity contribution is 0.265. The molecule has 1 aromatic heterocycles.